The largest absolute Gasteiger partial charge is 0.490 e. The van der Waals surface area contributed by atoms with Crippen LogP contribution in [0.3, 0.4) is 0 Å². The SMILES string of the molecule is Cc1ccc(C)c(OC(C)C)c1CN. The molecular formula is C12H19NO. The van der Waals surface area contributed by atoms with Gasteiger partial charge in [-0.05, 0) is 38.8 Å². The Morgan fingerprint density at radius 3 is 2.29 bits per heavy atom. The van der Waals surface area contributed by atoms with Gasteiger partial charge in [0, 0.05) is 12.1 Å². The maximum absolute atomic E-state index is 5.77. The van der Waals surface area contributed by atoms with Crippen LogP contribution in [0.25, 0.3) is 0 Å². The summed E-state index contributed by atoms with van der Waals surface area (Å²) in [6, 6.07) is 4.16. The molecule has 0 aliphatic carbocycles. The molecule has 0 spiro atoms. The van der Waals surface area contributed by atoms with Gasteiger partial charge in [0.1, 0.15) is 5.75 Å². The molecule has 14 heavy (non-hydrogen) atoms. The maximum atomic E-state index is 5.77. The number of ether oxygens (including phenoxy) is 1. The standard InChI is InChI=1S/C12H19NO/c1-8(2)14-12-10(4)6-5-9(3)11(12)7-13/h5-6,8H,7,13H2,1-4H3. The van der Waals surface area contributed by atoms with E-state index in [0.29, 0.717) is 6.54 Å². The van der Waals surface area contributed by atoms with Gasteiger partial charge < -0.3 is 10.5 Å². The van der Waals surface area contributed by atoms with Gasteiger partial charge in [0.2, 0.25) is 0 Å². The second-order valence-corrected chi connectivity index (χ2v) is 3.88. The Bertz CT molecular complexity index is 318. The molecule has 0 atom stereocenters. The summed E-state index contributed by atoms with van der Waals surface area (Å²) in [5.74, 6) is 0.961. The molecule has 0 aliphatic heterocycles. The number of hydrogen-bond donors (Lipinski definition) is 1. The van der Waals surface area contributed by atoms with Crippen molar-refractivity contribution < 1.29 is 4.74 Å². The van der Waals surface area contributed by atoms with E-state index in [-0.39, 0.29) is 6.10 Å². The van der Waals surface area contributed by atoms with E-state index in [4.69, 9.17) is 10.5 Å². The molecule has 0 heterocycles. The summed E-state index contributed by atoms with van der Waals surface area (Å²) in [6.45, 7) is 8.71. The first-order valence-electron chi connectivity index (χ1n) is 5.02. The molecule has 0 unspecified atom stereocenters. The minimum atomic E-state index is 0.195. The van der Waals surface area contributed by atoms with E-state index < -0.39 is 0 Å². The van der Waals surface area contributed by atoms with Crippen LogP contribution >= 0.6 is 0 Å². The number of aryl methyl sites for hydroxylation is 2. The van der Waals surface area contributed by atoms with Gasteiger partial charge in [0.15, 0.2) is 0 Å². The van der Waals surface area contributed by atoms with Gasteiger partial charge in [-0.15, -0.1) is 0 Å². The van der Waals surface area contributed by atoms with Crippen LogP contribution < -0.4 is 10.5 Å². The highest BCUT2D eigenvalue weighted by molar-refractivity contribution is 5.45. The Balaban J connectivity index is 3.16. The topological polar surface area (TPSA) is 35.2 Å². The van der Waals surface area contributed by atoms with Crippen LogP contribution in [0, 0.1) is 13.8 Å². The zero-order valence-electron chi connectivity index (χ0n) is 9.42. The minimum Gasteiger partial charge on any atom is -0.490 e. The first-order valence-corrected chi connectivity index (χ1v) is 5.02. The third-order valence-electron chi connectivity index (χ3n) is 2.25. The van der Waals surface area contributed by atoms with E-state index in [9.17, 15) is 0 Å². The molecule has 0 amide bonds. The molecule has 0 saturated carbocycles. The number of benzene rings is 1. The molecule has 2 nitrogen and oxygen atoms in total. The summed E-state index contributed by atoms with van der Waals surface area (Å²) < 4.78 is 5.77. The fourth-order valence-corrected chi connectivity index (χ4v) is 1.50. The third-order valence-corrected chi connectivity index (χ3v) is 2.25. The minimum absolute atomic E-state index is 0.195. The van der Waals surface area contributed by atoms with Gasteiger partial charge in [-0.25, -0.2) is 0 Å². The molecule has 78 valence electrons. The van der Waals surface area contributed by atoms with Crippen molar-refractivity contribution in [3.05, 3.63) is 28.8 Å². The van der Waals surface area contributed by atoms with Crippen molar-refractivity contribution in [2.24, 2.45) is 5.73 Å². The van der Waals surface area contributed by atoms with Gasteiger partial charge >= 0.3 is 0 Å². The predicted octanol–water partition coefficient (Wildman–Crippen LogP) is 2.55. The van der Waals surface area contributed by atoms with Crippen LogP contribution in [-0.4, -0.2) is 6.10 Å². The Labute approximate surface area is 86.1 Å². The van der Waals surface area contributed by atoms with E-state index in [1.807, 2.05) is 13.8 Å². The van der Waals surface area contributed by atoms with E-state index in [0.717, 1.165) is 16.9 Å². The molecular weight excluding hydrogens is 174 g/mol. The van der Waals surface area contributed by atoms with Crippen molar-refractivity contribution >= 4 is 0 Å². The maximum Gasteiger partial charge on any atom is 0.127 e. The van der Waals surface area contributed by atoms with E-state index in [2.05, 4.69) is 26.0 Å². The van der Waals surface area contributed by atoms with Crippen molar-refractivity contribution in [1.82, 2.24) is 0 Å². The molecule has 0 aromatic heterocycles. The van der Waals surface area contributed by atoms with E-state index >= 15 is 0 Å². The second-order valence-electron chi connectivity index (χ2n) is 3.88. The van der Waals surface area contributed by atoms with Gasteiger partial charge in [-0.2, -0.15) is 0 Å². The van der Waals surface area contributed by atoms with Gasteiger partial charge in [-0.3, -0.25) is 0 Å². The molecule has 1 aromatic carbocycles. The van der Waals surface area contributed by atoms with Crippen LogP contribution in [0.2, 0.25) is 0 Å². The lowest BCUT2D eigenvalue weighted by Gasteiger charge is -2.17. The fraction of sp³-hybridized carbons (Fsp3) is 0.500. The number of rotatable bonds is 3. The first kappa shape index (κ1) is 11.1. The predicted molar refractivity (Wildman–Crippen MR) is 59.6 cm³/mol. The van der Waals surface area contributed by atoms with E-state index in [1.165, 1.54) is 5.56 Å². The van der Waals surface area contributed by atoms with Crippen LogP contribution in [0.15, 0.2) is 12.1 Å². The zero-order valence-corrected chi connectivity index (χ0v) is 9.42. The molecule has 0 bridgehead atoms. The summed E-state index contributed by atoms with van der Waals surface area (Å²) in [5, 5.41) is 0. The first-order chi connectivity index (χ1) is 6.56. The lowest BCUT2D eigenvalue weighted by Crippen LogP contribution is -2.11. The monoisotopic (exact) mass is 193 g/mol. The zero-order chi connectivity index (χ0) is 10.7. The van der Waals surface area contributed by atoms with Crippen molar-refractivity contribution in [2.75, 3.05) is 0 Å². The summed E-state index contributed by atoms with van der Waals surface area (Å²) >= 11 is 0. The van der Waals surface area contributed by atoms with Gasteiger partial charge in [-0.1, -0.05) is 12.1 Å². The highest BCUT2D eigenvalue weighted by atomic mass is 16.5. The normalized spacial score (nSPS) is 10.7. The lowest BCUT2D eigenvalue weighted by molar-refractivity contribution is 0.238. The van der Waals surface area contributed by atoms with Gasteiger partial charge in [0.25, 0.3) is 0 Å². The van der Waals surface area contributed by atoms with Crippen LogP contribution in [-0.2, 0) is 6.54 Å². The Morgan fingerprint density at radius 1 is 1.21 bits per heavy atom. The van der Waals surface area contributed by atoms with Crippen LogP contribution in [0.1, 0.15) is 30.5 Å². The van der Waals surface area contributed by atoms with Crippen molar-refractivity contribution in [3.63, 3.8) is 0 Å². The average molecular weight is 193 g/mol. The Morgan fingerprint density at radius 2 is 1.79 bits per heavy atom. The Hall–Kier alpha value is -1.02. The summed E-state index contributed by atoms with van der Waals surface area (Å²) in [5.41, 5.74) is 9.20. The second kappa shape index (κ2) is 4.47. The average Bonchev–Trinajstić information content (AvgIpc) is 2.11. The molecule has 0 fully saturated rings. The molecule has 0 saturated heterocycles. The Kier molecular flexibility index (Phi) is 3.53. The lowest BCUT2D eigenvalue weighted by atomic mass is 10.0. The molecule has 1 aromatic rings. The fourth-order valence-electron chi connectivity index (χ4n) is 1.50. The van der Waals surface area contributed by atoms with Gasteiger partial charge in [0.05, 0.1) is 6.10 Å². The molecule has 2 heteroatoms. The smallest absolute Gasteiger partial charge is 0.127 e. The highest BCUT2D eigenvalue weighted by Gasteiger charge is 2.09. The molecule has 2 N–H and O–H groups in total. The molecule has 1 rings (SSSR count). The highest BCUT2D eigenvalue weighted by Crippen LogP contribution is 2.27. The number of hydrogen-bond acceptors (Lipinski definition) is 2. The number of nitrogens with two attached hydrogens (primary N) is 1. The molecule has 0 aliphatic rings. The quantitative estimate of drug-likeness (QED) is 0.800. The van der Waals surface area contributed by atoms with Crippen LogP contribution in [0.5, 0.6) is 5.75 Å². The third kappa shape index (κ3) is 2.26. The van der Waals surface area contributed by atoms with Crippen molar-refractivity contribution in [2.45, 2.75) is 40.3 Å². The molecule has 0 radical (unpaired) electrons. The summed E-state index contributed by atoms with van der Waals surface area (Å²) in [7, 11) is 0. The van der Waals surface area contributed by atoms with Crippen molar-refractivity contribution in [3.8, 4) is 5.75 Å². The van der Waals surface area contributed by atoms with E-state index in [1.54, 1.807) is 0 Å². The summed E-state index contributed by atoms with van der Waals surface area (Å²) in [4.78, 5) is 0. The van der Waals surface area contributed by atoms with Crippen molar-refractivity contribution in [1.29, 1.82) is 0 Å². The summed E-state index contributed by atoms with van der Waals surface area (Å²) in [6.07, 6.45) is 0.195. The van der Waals surface area contributed by atoms with Crippen LogP contribution in [0.4, 0.5) is 0 Å².